The average molecular weight is 388 g/mol. The van der Waals surface area contributed by atoms with Crippen molar-refractivity contribution < 1.29 is 4.79 Å². The van der Waals surface area contributed by atoms with E-state index in [1.807, 2.05) is 50.1 Å². The van der Waals surface area contributed by atoms with E-state index in [2.05, 4.69) is 32.9 Å². The number of rotatable bonds is 5. The van der Waals surface area contributed by atoms with Gasteiger partial charge in [-0.3, -0.25) is 0 Å². The summed E-state index contributed by atoms with van der Waals surface area (Å²) in [7, 11) is 1.95. The minimum atomic E-state index is -0.300. The zero-order valence-electron chi connectivity index (χ0n) is 15.7. The van der Waals surface area contributed by atoms with Crippen LogP contribution in [0.3, 0.4) is 0 Å². The lowest BCUT2D eigenvalue weighted by Crippen LogP contribution is -2.29. The summed E-state index contributed by atoms with van der Waals surface area (Å²) >= 11 is 5.99. The molecule has 0 saturated carbocycles. The number of halogens is 1. The third kappa shape index (κ3) is 3.95. The van der Waals surface area contributed by atoms with E-state index >= 15 is 0 Å². The van der Waals surface area contributed by atoms with Gasteiger partial charge in [0, 0.05) is 24.7 Å². The fourth-order valence-electron chi connectivity index (χ4n) is 2.73. The highest BCUT2D eigenvalue weighted by Gasteiger charge is 2.18. The Kier molecular flexibility index (Phi) is 5.46. The molecule has 27 heavy (non-hydrogen) atoms. The number of hydrogen-bond donors (Lipinski definition) is 2. The number of nitrogens with zero attached hydrogens (tertiary/aromatic N) is 5. The zero-order chi connectivity index (χ0) is 19.6. The molecule has 0 saturated heterocycles. The number of hydrogen-bond acceptors (Lipinski definition) is 5. The van der Waals surface area contributed by atoms with Crippen LogP contribution in [0.25, 0.3) is 5.65 Å². The quantitative estimate of drug-likeness (QED) is 0.700. The van der Waals surface area contributed by atoms with Crippen molar-refractivity contribution in [3.05, 3.63) is 46.7 Å². The SMILES string of the molecule is CCNC(=O)Nc1cc(N(C)C(C)c2ccc(Cl)cc2)nn2c(C)nnc12. The maximum atomic E-state index is 12.0. The summed E-state index contributed by atoms with van der Waals surface area (Å²) in [4.78, 5) is 14.0. The summed E-state index contributed by atoms with van der Waals surface area (Å²) < 4.78 is 1.63. The summed E-state index contributed by atoms with van der Waals surface area (Å²) in [5, 5.41) is 19.1. The summed E-state index contributed by atoms with van der Waals surface area (Å²) in [6.45, 7) is 6.27. The van der Waals surface area contributed by atoms with Crippen LogP contribution >= 0.6 is 11.6 Å². The molecule has 0 radical (unpaired) electrons. The van der Waals surface area contributed by atoms with E-state index in [0.29, 0.717) is 34.5 Å². The lowest BCUT2D eigenvalue weighted by molar-refractivity contribution is 0.252. The van der Waals surface area contributed by atoms with Gasteiger partial charge in [0.25, 0.3) is 0 Å². The Morgan fingerprint density at radius 3 is 2.67 bits per heavy atom. The van der Waals surface area contributed by atoms with E-state index in [0.717, 1.165) is 5.56 Å². The number of aryl methyl sites for hydroxylation is 1. The maximum absolute atomic E-state index is 12.0. The molecule has 2 heterocycles. The summed E-state index contributed by atoms with van der Waals surface area (Å²) in [6, 6.07) is 9.24. The standard InChI is InChI=1S/C18H22ClN7O/c1-5-20-18(27)21-15-10-16(24-26-12(3)22-23-17(15)26)25(4)11(2)13-6-8-14(19)9-7-13/h6-11H,5H2,1-4H3,(H2,20,21,27). The number of amides is 2. The van der Waals surface area contributed by atoms with E-state index in [9.17, 15) is 4.79 Å². The van der Waals surface area contributed by atoms with Gasteiger partial charge in [-0.1, -0.05) is 23.7 Å². The van der Waals surface area contributed by atoms with E-state index in [4.69, 9.17) is 11.6 Å². The largest absolute Gasteiger partial charge is 0.351 e. The van der Waals surface area contributed by atoms with Gasteiger partial charge in [0.05, 0.1) is 11.7 Å². The lowest BCUT2D eigenvalue weighted by atomic mass is 10.1. The Hall–Kier alpha value is -2.87. The van der Waals surface area contributed by atoms with Gasteiger partial charge >= 0.3 is 6.03 Å². The van der Waals surface area contributed by atoms with Crippen molar-refractivity contribution in [3.8, 4) is 0 Å². The third-order valence-corrected chi connectivity index (χ3v) is 4.65. The normalized spacial score (nSPS) is 12.0. The van der Waals surface area contributed by atoms with Crippen LogP contribution in [-0.2, 0) is 0 Å². The molecular formula is C18H22ClN7O. The van der Waals surface area contributed by atoms with Gasteiger partial charge in [0.15, 0.2) is 11.6 Å². The fourth-order valence-corrected chi connectivity index (χ4v) is 2.85. The second-order valence-corrected chi connectivity index (χ2v) is 6.66. The van der Waals surface area contributed by atoms with Crippen LogP contribution in [-0.4, -0.2) is 39.4 Å². The van der Waals surface area contributed by atoms with Gasteiger partial charge in [-0.2, -0.15) is 4.52 Å². The monoisotopic (exact) mass is 387 g/mol. The van der Waals surface area contributed by atoms with Gasteiger partial charge < -0.3 is 15.5 Å². The van der Waals surface area contributed by atoms with Crippen molar-refractivity contribution in [3.63, 3.8) is 0 Å². The van der Waals surface area contributed by atoms with Crippen LogP contribution in [0.4, 0.5) is 16.3 Å². The van der Waals surface area contributed by atoms with Crippen molar-refractivity contribution in [2.45, 2.75) is 26.8 Å². The van der Waals surface area contributed by atoms with Crippen LogP contribution in [0.5, 0.6) is 0 Å². The topological polar surface area (TPSA) is 87.5 Å². The van der Waals surface area contributed by atoms with E-state index in [1.54, 1.807) is 10.6 Å². The molecule has 3 aromatic rings. The Labute approximate surface area is 162 Å². The number of nitrogens with one attached hydrogen (secondary N) is 2. The van der Waals surface area contributed by atoms with Crippen molar-refractivity contribution in [1.82, 2.24) is 25.1 Å². The zero-order valence-corrected chi connectivity index (χ0v) is 16.4. The molecule has 1 aromatic carbocycles. The van der Waals surface area contributed by atoms with Gasteiger partial charge in [-0.05, 0) is 38.5 Å². The molecule has 142 valence electrons. The van der Waals surface area contributed by atoms with Crippen LogP contribution in [0.1, 0.15) is 31.3 Å². The molecule has 0 spiro atoms. The van der Waals surface area contributed by atoms with E-state index < -0.39 is 0 Å². The molecule has 1 atom stereocenters. The molecule has 8 nitrogen and oxygen atoms in total. The van der Waals surface area contributed by atoms with Gasteiger partial charge in [0.1, 0.15) is 0 Å². The molecule has 2 amide bonds. The van der Waals surface area contributed by atoms with Crippen molar-refractivity contribution in [2.75, 3.05) is 23.8 Å². The average Bonchev–Trinajstić information content (AvgIpc) is 3.02. The maximum Gasteiger partial charge on any atom is 0.319 e. The molecule has 0 aliphatic carbocycles. The summed E-state index contributed by atoms with van der Waals surface area (Å²) in [5.74, 6) is 1.32. The Morgan fingerprint density at radius 2 is 2.00 bits per heavy atom. The fraction of sp³-hybridized carbons (Fsp3) is 0.333. The highest BCUT2D eigenvalue weighted by molar-refractivity contribution is 6.30. The van der Waals surface area contributed by atoms with Crippen molar-refractivity contribution in [2.24, 2.45) is 0 Å². The lowest BCUT2D eigenvalue weighted by Gasteiger charge is -2.26. The van der Waals surface area contributed by atoms with Gasteiger partial charge in [-0.15, -0.1) is 15.3 Å². The van der Waals surface area contributed by atoms with Crippen LogP contribution < -0.4 is 15.5 Å². The molecule has 9 heteroatoms. The molecule has 3 rings (SSSR count). The number of fused-ring (bicyclic) bond motifs is 1. The molecule has 1 unspecified atom stereocenters. The first-order chi connectivity index (χ1) is 12.9. The second-order valence-electron chi connectivity index (χ2n) is 6.22. The molecule has 2 N–H and O–H groups in total. The first-order valence-electron chi connectivity index (χ1n) is 8.67. The van der Waals surface area contributed by atoms with Crippen molar-refractivity contribution in [1.29, 1.82) is 0 Å². The minimum Gasteiger partial charge on any atom is -0.351 e. The first-order valence-corrected chi connectivity index (χ1v) is 9.04. The predicted molar refractivity (Wildman–Crippen MR) is 106 cm³/mol. The second kappa shape index (κ2) is 7.79. The van der Waals surface area contributed by atoms with Crippen LogP contribution in [0.2, 0.25) is 5.02 Å². The predicted octanol–water partition coefficient (Wildman–Crippen LogP) is 3.42. The number of benzene rings is 1. The highest BCUT2D eigenvalue weighted by atomic mass is 35.5. The Morgan fingerprint density at radius 1 is 1.30 bits per heavy atom. The summed E-state index contributed by atoms with van der Waals surface area (Å²) in [6.07, 6.45) is 0. The minimum absolute atomic E-state index is 0.0429. The van der Waals surface area contributed by atoms with E-state index in [-0.39, 0.29) is 12.1 Å². The molecule has 0 aliphatic heterocycles. The smallest absolute Gasteiger partial charge is 0.319 e. The number of anilines is 2. The molecule has 0 aliphatic rings. The van der Waals surface area contributed by atoms with Gasteiger partial charge in [-0.25, -0.2) is 4.79 Å². The Bertz CT molecular complexity index is 954. The number of carbonyl (C=O) groups is 1. The van der Waals surface area contributed by atoms with Gasteiger partial charge in [0.2, 0.25) is 5.65 Å². The number of carbonyl (C=O) groups excluding carboxylic acids is 1. The van der Waals surface area contributed by atoms with Crippen LogP contribution in [0, 0.1) is 6.92 Å². The molecule has 0 fully saturated rings. The molecular weight excluding hydrogens is 366 g/mol. The first kappa shape index (κ1) is 18.9. The Balaban J connectivity index is 1.98. The number of aromatic nitrogens is 4. The van der Waals surface area contributed by atoms with Crippen LogP contribution in [0.15, 0.2) is 30.3 Å². The third-order valence-electron chi connectivity index (χ3n) is 4.39. The highest BCUT2D eigenvalue weighted by Crippen LogP contribution is 2.28. The molecule has 0 bridgehead atoms. The number of urea groups is 1. The molecule has 2 aromatic heterocycles. The van der Waals surface area contributed by atoms with E-state index in [1.165, 1.54) is 0 Å². The summed E-state index contributed by atoms with van der Waals surface area (Å²) in [5.41, 5.74) is 2.14. The van der Waals surface area contributed by atoms with Crippen molar-refractivity contribution >= 4 is 34.8 Å².